The quantitative estimate of drug-likeness (QED) is 0.404. The van der Waals surface area contributed by atoms with Crippen LogP contribution in [0.5, 0.6) is 5.75 Å². The lowest BCUT2D eigenvalue weighted by molar-refractivity contribution is 0.0898. The molecule has 0 radical (unpaired) electrons. The third-order valence-electron chi connectivity index (χ3n) is 7.59. The van der Waals surface area contributed by atoms with E-state index in [-0.39, 0.29) is 11.9 Å². The molecule has 3 aromatic rings. The highest BCUT2D eigenvalue weighted by molar-refractivity contribution is 7.12. The SMILES string of the molecule is COc1ccc(N(C(=O)c2cccs2)C2CCN([C@@H]3CCCC[C@@H]3c3ccccc3)CC2)cc1. The smallest absolute Gasteiger partial charge is 0.268 e. The van der Waals surface area contributed by atoms with Gasteiger partial charge in [-0.3, -0.25) is 9.69 Å². The largest absolute Gasteiger partial charge is 0.497 e. The van der Waals surface area contributed by atoms with Gasteiger partial charge in [-0.15, -0.1) is 11.3 Å². The molecule has 2 aromatic carbocycles. The second-order valence-electron chi connectivity index (χ2n) is 9.49. The van der Waals surface area contributed by atoms with Crippen molar-refractivity contribution in [3.8, 4) is 5.75 Å². The summed E-state index contributed by atoms with van der Waals surface area (Å²) in [4.78, 5) is 19.1. The average molecular weight is 475 g/mol. The zero-order valence-electron chi connectivity index (χ0n) is 19.9. The molecule has 1 saturated heterocycles. The molecule has 1 amide bonds. The van der Waals surface area contributed by atoms with E-state index < -0.39 is 0 Å². The van der Waals surface area contributed by atoms with E-state index in [0.29, 0.717) is 12.0 Å². The minimum atomic E-state index is 0.110. The Morgan fingerprint density at radius 3 is 2.32 bits per heavy atom. The Morgan fingerprint density at radius 1 is 0.912 bits per heavy atom. The summed E-state index contributed by atoms with van der Waals surface area (Å²) in [5.74, 6) is 1.54. The first-order chi connectivity index (χ1) is 16.7. The molecule has 4 nitrogen and oxygen atoms in total. The van der Waals surface area contributed by atoms with Gasteiger partial charge in [0.05, 0.1) is 12.0 Å². The molecule has 1 aromatic heterocycles. The molecule has 178 valence electrons. The van der Waals surface area contributed by atoms with Crippen LogP contribution in [0, 0.1) is 0 Å². The Balaban J connectivity index is 1.33. The van der Waals surface area contributed by atoms with Crippen LogP contribution in [0.1, 0.15) is 59.7 Å². The topological polar surface area (TPSA) is 32.8 Å². The molecule has 2 atom stereocenters. The van der Waals surface area contributed by atoms with Gasteiger partial charge in [-0.05, 0) is 72.9 Å². The van der Waals surface area contributed by atoms with Gasteiger partial charge in [0.2, 0.25) is 0 Å². The third-order valence-corrected chi connectivity index (χ3v) is 8.45. The summed E-state index contributed by atoms with van der Waals surface area (Å²) in [7, 11) is 1.67. The maximum atomic E-state index is 13.6. The van der Waals surface area contributed by atoms with Crippen molar-refractivity contribution in [3.05, 3.63) is 82.6 Å². The number of carbonyl (C=O) groups excluding carboxylic acids is 1. The molecule has 2 fully saturated rings. The van der Waals surface area contributed by atoms with Crippen LogP contribution < -0.4 is 9.64 Å². The van der Waals surface area contributed by atoms with E-state index in [0.717, 1.165) is 42.2 Å². The Kier molecular flexibility index (Phi) is 7.31. The molecule has 0 bridgehead atoms. The lowest BCUT2D eigenvalue weighted by Gasteiger charge is -2.45. The fourth-order valence-electron chi connectivity index (χ4n) is 5.87. The molecular formula is C29H34N2O2S. The Morgan fingerprint density at radius 2 is 1.65 bits per heavy atom. The monoisotopic (exact) mass is 474 g/mol. The van der Waals surface area contributed by atoms with E-state index in [2.05, 4.69) is 35.2 Å². The third kappa shape index (κ3) is 4.91. The van der Waals surface area contributed by atoms with Crippen LogP contribution in [0.15, 0.2) is 72.1 Å². The summed E-state index contributed by atoms with van der Waals surface area (Å²) in [5, 5.41) is 1.98. The van der Waals surface area contributed by atoms with Gasteiger partial charge in [0, 0.05) is 30.9 Å². The maximum absolute atomic E-state index is 13.6. The Bertz CT molecular complexity index is 1040. The number of benzene rings is 2. The summed E-state index contributed by atoms with van der Waals surface area (Å²) in [5.41, 5.74) is 2.44. The predicted molar refractivity (Wildman–Crippen MR) is 140 cm³/mol. The summed E-state index contributed by atoms with van der Waals surface area (Å²) in [6.07, 6.45) is 7.21. The number of thiophene rings is 1. The molecule has 0 N–H and O–H groups in total. The van der Waals surface area contributed by atoms with Gasteiger partial charge >= 0.3 is 0 Å². The number of hydrogen-bond donors (Lipinski definition) is 0. The van der Waals surface area contributed by atoms with Gasteiger partial charge < -0.3 is 9.64 Å². The highest BCUT2D eigenvalue weighted by Crippen LogP contribution is 2.38. The second kappa shape index (κ2) is 10.7. The molecule has 2 aliphatic rings. The summed E-state index contributed by atoms with van der Waals surface area (Å²) in [6, 6.07) is 23.7. The molecule has 1 aliphatic carbocycles. The van der Waals surface area contributed by atoms with E-state index in [9.17, 15) is 4.79 Å². The second-order valence-corrected chi connectivity index (χ2v) is 10.4. The lowest BCUT2D eigenvalue weighted by Crippen LogP contribution is -2.51. The normalized spacial score (nSPS) is 21.8. The first kappa shape index (κ1) is 23.1. The number of methoxy groups -OCH3 is 1. The molecule has 1 aliphatic heterocycles. The van der Waals surface area contributed by atoms with Gasteiger partial charge in [0.25, 0.3) is 5.91 Å². The van der Waals surface area contributed by atoms with Gasteiger partial charge in [-0.1, -0.05) is 49.2 Å². The number of hydrogen-bond acceptors (Lipinski definition) is 4. The number of carbonyl (C=O) groups is 1. The summed E-state index contributed by atoms with van der Waals surface area (Å²) in [6.45, 7) is 2.09. The van der Waals surface area contributed by atoms with Crippen LogP contribution in [0.4, 0.5) is 5.69 Å². The van der Waals surface area contributed by atoms with E-state index >= 15 is 0 Å². The minimum Gasteiger partial charge on any atom is -0.497 e. The molecule has 2 heterocycles. The lowest BCUT2D eigenvalue weighted by atomic mass is 9.78. The van der Waals surface area contributed by atoms with Crippen molar-refractivity contribution in [2.24, 2.45) is 0 Å². The number of amides is 1. The van der Waals surface area contributed by atoms with Gasteiger partial charge in [0.15, 0.2) is 0 Å². The number of ether oxygens (including phenoxy) is 1. The predicted octanol–water partition coefficient (Wildman–Crippen LogP) is 6.59. The van der Waals surface area contributed by atoms with Crippen molar-refractivity contribution in [1.29, 1.82) is 0 Å². The van der Waals surface area contributed by atoms with Gasteiger partial charge in [-0.2, -0.15) is 0 Å². The first-order valence-corrected chi connectivity index (χ1v) is 13.4. The van der Waals surface area contributed by atoms with Crippen LogP contribution in [-0.4, -0.2) is 43.1 Å². The van der Waals surface area contributed by atoms with Crippen LogP contribution in [0.25, 0.3) is 0 Å². The number of piperidine rings is 1. The molecule has 5 rings (SSSR count). The number of nitrogens with zero attached hydrogens (tertiary/aromatic N) is 2. The van der Waals surface area contributed by atoms with Crippen LogP contribution in [0.2, 0.25) is 0 Å². The van der Waals surface area contributed by atoms with Gasteiger partial charge in [-0.25, -0.2) is 0 Å². The van der Waals surface area contributed by atoms with E-state index in [4.69, 9.17) is 4.74 Å². The fourth-order valence-corrected chi connectivity index (χ4v) is 6.53. The average Bonchev–Trinajstić information content (AvgIpc) is 3.45. The van der Waals surface area contributed by atoms with E-state index in [1.807, 2.05) is 46.7 Å². The van der Waals surface area contributed by atoms with Crippen molar-refractivity contribution in [2.45, 2.75) is 56.5 Å². The summed E-state index contributed by atoms with van der Waals surface area (Å²) < 4.78 is 5.35. The van der Waals surface area contributed by atoms with Crippen molar-refractivity contribution in [2.75, 3.05) is 25.1 Å². The molecular weight excluding hydrogens is 440 g/mol. The van der Waals surface area contributed by atoms with Crippen molar-refractivity contribution in [3.63, 3.8) is 0 Å². The highest BCUT2D eigenvalue weighted by atomic mass is 32.1. The number of anilines is 1. The highest BCUT2D eigenvalue weighted by Gasteiger charge is 2.36. The number of likely N-dealkylation sites (tertiary alicyclic amines) is 1. The Hall–Kier alpha value is -2.63. The van der Waals surface area contributed by atoms with Crippen molar-refractivity contribution < 1.29 is 9.53 Å². The van der Waals surface area contributed by atoms with Crippen LogP contribution in [0.3, 0.4) is 0 Å². The first-order valence-electron chi connectivity index (χ1n) is 12.5. The summed E-state index contributed by atoms with van der Waals surface area (Å²) >= 11 is 1.52. The van der Waals surface area contributed by atoms with Crippen molar-refractivity contribution >= 4 is 22.9 Å². The minimum absolute atomic E-state index is 0.110. The zero-order valence-corrected chi connectivity index (χ0v) is 20.8. The Labute approximate surface area is 207 Å². The van der Waals surface area contributed by atoms with Crippen LogP contribution in [-0.2, 0) is 0 Å². The van der Waals surface area contributed by atoms with Crippen LogP contribution >= 0.6 is 11.3 Å². The van der Waals surface area contributed by atoms with E-state index in [1.54, 1.807) is 7.11 Å². The van der Waals surface area contributed by atoms with Crippen molar-refractivity contribution in [1.82, 2.24) is 4.90 Å². The number of rotatable bonds is 6. The zero-order chi connectivity index (χ0) is 23.3. The molecule has 0 unspecified atom stereocenters. The standard InChI is InChI=1S/C29H34N2O2S/c1-33-25-15-13-23(14-16-25)31(29(32)28-12-7-21-34-28)24-17-19-30(20-18-24)27-11-6-5-10-26(27)22-8-3-2-4-9-22/h2-4,7-9,12-16,21,24,26-27H,5-6,10-11,17-20H2,1H3/t26-,27-/m1/s1. The molecule has 0 spiro atoms. The molecule has 34 heavy (non-hydrogen) atoms. The van der Waals surface area contributed by atoms with Gasteiger partial charge in [0.1, 0.15) is 5.75 Å². The fraction of sp³-hybridized carbons (Fsp3) is 0.414. The molecule has 1 saturated carbocycles. The molecule has 5 heteroatoms. The maximum Gasteiger partial charge on any atom is 0.268 e. The van der Waals surface area contributed by atoms with E-state index in [1.165, 1.54) is 42.6 Å².